The summed E-state index contributed by atoms with van der Waals surface area (Å²) in [6.45, 7) is 4.22. The smallest absolute Gasteiger partial charge is 0.231 e. The highest BCUT2D eigenvalue weighted by molar-refractivity contribution is 7.90. The molecule has 0 radical (unpaired) electrons. The molecule has 0 saturated carbocycles. The zero-order valence-corrected chi connectivity index (χ0v) is 17.6. The van der Waals surface area contributed by atoms with E-state index in [4.69, 9.17) is 14.2 Å². The summed E-state index contributed by atoms with van der Waals surface area (Å²) in [6, 6.07) is 15.0. The molecule has 0 bridgehead atoms. The van der Waals surface area contributed by atoms with Crippen molar-refractivity contribution >= 4 is 9.84 Å². The van der Waals surface area contributed by atoms with Crippen molar-refractivity contribution in [1.29, 1.82) is 0 Å². The van der Waals surface area contributed by atoms with Crippen molar-refractivity contribution < 1.29 is 22.6 Å². The molecule has 1 aliphatic heterocycles. The highest BCUT2D eigenvalue weighted by atomic mass is 32.2. The Hall–Kier alpha value is -2.99. The van der Waals surface area contributed by atoms with Crippen LogP contribution in [0.3, 0.4) is 0 Å². The molecule has 0 amide bonds. The Balaban J connectivity index is 1.91. The molecule has 1 heterocycles. The van der Waals surface area contributed by atoms with Gasteiger partial charge in [-0.15, -0.1) is 0 Å². The minimum atomic E-state index is -3.25. The third-order valence-electron chi connectivity index (χ3n) is 5.08. The van der Waals surface area contributed by atoms with Crippen molar-refractivity contribution in [2.45, 2.75) is 18.7 Å². The predicted molar refractivity (Wildman–Crippen MR) is 113 cm³/mol. The molecule has 0 aliphatic carbocycles. The molecule has 4 rings (SSSR count). The van der Waals surface area contributed by atoms with Gasteiger partial charge in [0.15, 0.2) is 21.3 Å². The predicted octanol–water partition coefficient (Wildman–Crippen LogP) is 4.78. The van der Waals surface area contributed by atoms with Crippen LogP contribution in [0.4, 0.5) is 0 Å². The van der Waals surface area contributed by atoms with Gasteiger partial charge in [0.2, 0.25) is 6.79 Å². The summed E-state index contributed by atoms with van der Waals surface area (Å²) >= 11 is 0. The second-order valence-corrected chi connectivity index (χ2v) is 9.21. The molecule has 0 unspecified atom stereocenters. The van der Waals surface area contributed by atoms with Crippen LogP contribution in [0.25, 0.3) is 22.3 Å². The monoisotopic (exact) mass is 410 g/mol. The molecule has 5 nitrogen and oxygen atoms in total. The van der Waals surface area contributed by atoms with Crippen molar-refractivity contribution in [3.63, 3.8) is 0 Å². The van der Waals surface area contributed by atoms with E-state index in [2.05, 4.69) is 12.1 Å². The zero-order valence-electron chi connectivity index (χ0n) is 16.8. The Morgan fingerprint density at radius 3 is 1.83 bits per heavy atom. The lowest BCUT2D eigenvalue weighted by Crippen LogP contribution is -1.97. The SMILES string of the molecule is COc1c(C)cc(-c2cc3c(cc2-c2ccc(S(C)(=O)=O)cc2)OCO3)cc1C. The molecular weight excluding hydrogens is 388 g/mol. The summed E-state index contributed by atoms with van der Waals surface area (Å²) in [5.74, 6) is 2.24. The van der Waals surface area contributed by atoms with E-state index >= 15 is 0 Å². The third kappa shape index (κ3) is 3.56. The Kier molecular flexibility index (Phi) is 4.74. The van der Waals surface area contributed by atoms with Gasteiger partial charge in [-0.05, 0) is 83.6 Å². The van der Waals surface area contributed by atoms with E-state index in [1.54, 1.807) is 19.2 Å². The van der Waals surface area contributed by atoms with Gasteiger partial charge in [0.05, 0.1) is 12.0 Å². The first-order chi connectivity index (χ1) is 13.8. The Morgan fingerprint density at radius 2 is 1.34 bits per heavy atom. The van der Waals surface area contributed by atoms with Crippen LogP contribution in [-0.2, 0) is 9.84 Å². The van der Waals surface area contributed by atoms with Gasteiger partial charge in [-0.3, -0.25) is 0 Å². The maximum absolute atomic E-state index is 11.8. The highest BCUT2D eigenvalue weighted by Gasteiger charge is 2.20. The number of aryl methyl sites for hydroxylation is 2. The topological polar surface area (TPSA) is 61.8 Å². The van der Waals surface area contributed by atoms with E-state index < -0.39 is 9.84 Å². The van der Waals surface area contributed by atoms with E-state index in [-0.39, 0.29) is 6.79 Å². The first-order valence-corrected chi connectivity index (χ1v) is 11.1. The fourth-order valence-corrected chi connectivity index (χ4v) is 4.36. The second-order valence-electron chi connectivity index (χ2n) is 7.19. The Bertz CT molecular complexity index is 1170. The first-order valence-electron chi connectivity index (χ1n) is 9.17. The number of hydrogen-bond donors (Lipinski definition) is 0. The molecule has 0 spiro atoms. The second kappa shape index (κ2) is 7.12. The first kappa shape index (κ1) is 19.3. The van der Waals surface area contributed by atoms with Gasteiger partial charge in [-0.1, -0.05) is 12.1 Å². The Morgan fingerprint density at radius 1 is 0.828 bits per heavy atom. The van der Waals surface area contributed by atoms with E-state index in [9.17, 15) is 8.42 Å². The number of fused-ring (bicyclic) bond motifs is 1. The molecule has 3 aromatic carbocycles. The van der Waals surface area contributed by atoms with Crippen LogP contribution in [0.15, 0.2) is 53.4 Å². The van der Waals surface area contributed by atoms with Gasteiger partial charge in [-0.25, -0.2) is 8.42 Å². The van der Waals surface area contributed by atoms with Crippen molar-refractivity contribution in [3.8, 4) is 39.5 Å². The van der Waals surface area contributed by atoms with Crippen molar-refractivity contribution in [2.24, 2.45) is 0 Å². The standard InChI is InChI=1S/C23H22O5S/c1-14-9-17(10-15(2)23(14)26-3)20-12-22-21(27-13-28-22)11-19(20)16-5-7-18(8-6-16)29(4,24)25/h5-12H,13H2,1-4H3. The summed E-state index contributed by atoms with van der Waals surface area (Å²) in [5.41, 5.74) is 5.93. The molecular formula is C23H22O5S. The lowest BCUT2D eigenvalue weighted by molar-refractivity contribution is 0.174. The summed E-state index contributed by atoms with van der Waals surface area (Å²) in [5, 5.41) is 0. The number of ether oxygens (including phenoxy) is 3. The van der Waals surface area contributed by atoms with Crippen LogP contribution >= 0.6 is 0 Å². The van der Waals surface area contributed by atoms with Crippen LogP contribution in [0.2, 0.25) is 0 Å². The fraction of sp³-hybridized carbons (Fsp3) is 0.217. The molecule has 0 N–H and O–H groups in total. The minimum Gasteiger partial charge on any atom is -0.496 e. The van der Waals surface area contributed by atoms with E-state index in [0.29, 0.717) is 16.4 Å². The lowest BCUT2D eigenvalue weighted by Gasteiger charge is -2.16. The van der Waals surface area contributed by atoms with Crippen molar-refractivity contribution in [1.82, 2.24) is 0 Å². The third-order valence-corrected chi connectivity index (χ3v) is 6.21. The van der Waals surface area contributed by atoms with Crippen LogP contribution in [0, 0.1) is 13.8 Å². The fourth-order valence-electron chi connectivity index (χ4n) is 3.73. The zero-order chi connectivity index (χ0) is 20.8. The van der Waals surface area contributed by atoms with Crippen LogP contribution in [0.1, 0.15) is 11.1 Å². The number of rotatable bonds is 4. The maximum Gasteiger partial charge on any atom is 0.231 e. The molecule has 150 valence electrons. The molecule has 1 aliphatic rings. The molecule has 0 fully saturated rings. The van der Waals surface area contributed by atoms with Crippen LogP contribution in [-0.4, -0.2) is 28.6 Å². The van der Waals surface area contributed by atoms with E-state index in [1.807, 2.05) is 38.1 Å². The maximum atomic E-state index is 11.8. The summed E-state index contributed by atoms with van der Waals surface area (Å²) in [4.78, 5) is 0.291. The summed E-state index contributed by atoms with van der Waals surface area (Å²) in [6.07, 6.45) is 1.21. The number of methoxy groups -OCH3 is 1. The largest absolute Gasteiger partial charge is 0.496 e. The van der Waals surface area contributed by atoms with Gasteiger partial charge in [0.25, 0.3) is 0 Å². The van der Waals surface area contributed by atoms with Gasteiger partial charge in [0, 0.05) is 6.26 Å². The van der Waals surface area contributed by atoms with Gasteiger partial charge in [0.1, 0.15) is 5.75 Å². The van der Waals surface area contributed by atoms with Crippen molar-refractivity contribution in [3.05, 3.63) is 59.7 Å². The summed E-state index contributed by atoms with van der Waals surface area (Å²) < 4.78 is 40.3. The summed E-state index contributed by atoms with van der Waals surface area (Å²) in [7, 11) is -1.58. The molecule has 0 atom stereocenters. The number of sulfone groups is 1. The molecule has 6 heteroatoms. The normalized spacial score (nSPS) is 12.8. The molecule has 3 aromatic rings. The van der Waals surface area contributed by atoms with Crippen LogP contribution < -0.4 is 14.2 Å². The Labute approximate surface area is 170 Å². The highest BCUT2D eigenvalue weighted by Crippen LogP contribution is 2.44. The van der Waals surface area contributed by atoms with Gasteiger partial charge in [-0.2, -0.15) is 0 Å². The van der Waals surface area contributed by atoms with E-state index in [1.165, 1.54) is 6.26 Å². The quantitative estimate of drug-likeness (QED) is 0.620. The number of benzene rings is 3. The van der Waals surface area contributed by atoms with Gasteiger partial charge >= 0.3 is 0 Å². The number of hydrogen-bond acceptors (Lipinski definition) is 5. The van der Waals surface area contributed by atoms with Gasteiger partial charge < -0.3 is 14.2 Å². The molecule has 0 saturated heterocycles. The lowest BCUT2D eigenvalue weighted by atomic mass is 9.92. The van der Waals surface area contributed by atoms with Crippen LogP contribution in [0.5, 0.6) is 17.2 Å². The average Bonchev–Trinajstić information content (AvgIpc) is 3.13. The van der Waals surface area contributed by atoms with Crippen molar-refractivity contribution in [2.75, 3.05) is 20.2 Å². The van der Waals surface area contributed by atoms with E-state index in [0.717, 1.165) is 39.1 Å². The average molecular weight is 410 g/mol. The molecule has 0 aromatic heterocycles. The molecule has 29 heavy (non-hydrogen) atoms. The minimum absolute atomic E-state index is 0.186.